The summed E-state index contributed by atoms with van der Waals surface area (Å²) in [5.41, 5.74) is 3.30. The van der Waals surface area contributed by atoms with Gasteiger partial charge in [0, 0.05) is 25.0 Å². The number of hydrogen-bond donors (Lipinski definition) is 2. The van der Waals surface area contributed by atoms with E-state index >= 15 is 0 Å². The lowest BCUT2D eigenvalue weighted by Gasteiger charge is -2.03. The third kappa shape index (κ3) is 2.46. The zero-order valence-corrected chi connectivity index (χ0v) is 8.67. The molecule has 0 atom stereocenters. The largest absolute Gasteiger partial charge is 0.393 e. The molecule has 74 valence electrons. The molecule has 1 rings (SSSR count). The van der Waals surface area contributed by atoms with Crippen molar-refractivity contribution >= 4 is 11.8 Å². The molecule has 0 radical (unpaired) electrons. The lowest BCUT2D eigenvalue weighted by atomic mass is 10.0. The molecule has 1 aromatic rings. The number of benzene rings is 1. The molecule has 2 nitrogen and oxygen atoms in total. The maximum Gasteiger partial charge on any atom is 0.0270 e. The molecule has 0 saturated heterocycles. The predicted molar refractivity (Wildman–Crippen MR) is 61.6 cm³/mol. The maximum atomic E-state index is 7.27. The zero-order valence-electron chi connectivity index (χ0n) is 8.67. The molecule has 0 spiro atoms. The summed E-state index contributed by atoms with van der Waals surface area (Å²) >= 11 is 0. The van der Waals surface area contributed by atoms with Crippen molar-refractivity contribution in [2.75, 3.05) is 7.05 Å². The van der Waals surface area contributed by atoms with Gasteiger partial charge in [0.2, 0.25) is 0 Å². The summed E-state index contributed by atoms with van der Waals surface area (Å²) in [5.74, 6) is 0. The normalized spacial score (nSPS) is 11.1. The smallest absolute Gasteiger partial charge is 0.0270 e. The van der Waals surface area contributed by atoms with Crippen molar-refractivity contribution in [1.82, 2.24) is 5.32 Å². The fourth-order valence-corrected chi connectivity index (χ4v) is 1.30. The Bertz CT molecular complexity index is 323. The van der Waals surface area contributed by atoms with E-state index in [0.717, 1.165) is 17.6 Å². The van der Waals surface area contributed by atoms with Crippen LogP contribution in [0, 0.1) is 5.41 Å². The topological polar surface area (TPSA) is 35.9 Å². The van der Waals surface area contributed by atoms with E-state index in [1.807, 2.05) is 25.4 Å². The minimum Gasteiger partial charge on any atom is -0.393 e. The summed E-state index contributed by atoms with van der Waals surface area (Å²) in [5, 5.41) is 10.2. The van der Waals surface area contributed by atoms with Crippen LogP contribution in [0.3, 0.4) is 0 Å². The fraction of sp³-hybridized carbons (Fsp3) is 0.250. The monoisotopic (exact) mass is 188 g/mol. The van der Waals surface area contributed by atoms with Crippen LogP contribution in [0.4, 0.5) is 0 Å². The molecule has 0 saturated carbocycles. The fourth-order valence-electron chi connectivity index (χ4n) is 1.30. The van der Waals surface area contributed by atoms with Gasteiger partial charge in [0.25, 0.3) is 0 Å². The Labute approximate surface area is 85.2 Å². The number of allylic oxidation sites excluding steroid dienone is 1. The molecule has 0 heterocycles. The van der Waals surface area contributed by atoms with Gasteiger partial charge >= 0.3 is 0 Å². The Hall–Kier alpha value is -1.57. The van der Waals surface area contributed by atoms with Gasteiger partial charge in [-0.2, -0.15) is 0 Å². The average molecular weight is 188 g/mol. The second-order valence-electron chi connectivity index (χ2n) is 3.08. The molecule has 2 heteroatoms. The van der Waals surface area contributed by atoms with Crippen molar-refractivity contribution in [3.63, 3.8) is 0 Å². The predicted octanol–water partition coefficient (Wildman–Crippen LogP) is 2.46. The molecule has 1 aromatic carbocycles. The highest BCUT2D eigenvalue weighted by Crippen LogP contribution is 2.12. The summed E-state index contributed by atoms with van der Waals surface area (Å²) in [6.45, 7) is 2.13. The molecule has 0 aliphatic carbocycles. The van der Waals surface area contributed by atoms with Gasteiger partial charge in [0.15, 0.2) is 0 Å². The molecule has 0 unspecified atom stereocenters. The highest BCUT2D eigenvalue weighted by molar-refractivity contribution is 6.08. The van der Waals surface area contributed by atoms with Gasteiger partial charge in [-0.25, -0.2) is 0 Å². The van der Waals surface area contributed by atoms with Crippen molar-refractivity contribution in [3.8, 4) is 0 Å². The summed E-state index contributed by atoms with van der Waals surface area (Å²) < 4.78 is 0. The van der Waals surface area contributed by atoms with Crippen LogP contribution in [-0.4, -0.2) is 13.3 Å². The highest BCUT2D eigenvalue weighted by atomic mass is 14.8. The van der Waals surface area contributed by atoms with Crippen molar-refractivity contribution in [3.05, 3.63) is 41.6 Å². The van der Waals surface area contributed by atoms with Gasteiger partial charge in [0.05, 0.1) is 0 Å². The summed E-state index contributed by atoms with van der Waals surface area (Å²) in [7, 11) is 1.84. The first kappa shape index (κ1) is 10.5. The van der Waals surface area contributed by atoms with Gasteiger partial charge in [-0.15, -0.1) is 0 Å². The summed E-state index contributed by atoms with van der Waals surface area (Å²) in [6, 6.07) is 8.30. The van der Waals surface area contributed by atoms with Crippen molar-refractivity contribution in [1.29, 1.82) is 5.41 Å². The molecule has 14 heavy (non-hydrogen) atoms. The van der Waals surface area contributed by atoms with Crippen molar-refractivity contribution < 1.29 is 0 Å². The van der Waals surface area contributed by atoms with Crippen LogP contribution in [0.25, 0.3) is 5.57 Å². The van der Waals surface area contributed by atoms with Gasteiger partial charge in [0.1, 0.15) is 0 Å². The van der Waals surface area contributed by atoms with Crippen molar-refractivity contribution in [2.45, 2.75) is 13.3 Å². The molecule has 0 bridgehead atoms. The summed E-state index contributed by atoms with van der Waals surface area (Å²) in [6.07, 6.45) is 4.24. The van der Waals surface area contributed by atoms with Gasteiger partial charge < -0.3 is 10.7 Å². The van der Waals surface area contributed by atoms with Crippen molar-refractivity contribution in [2.24, 2.45) is 0 Å². The standard InChI is InChI=1S/C12H16N2/c1-3-10-4-6-11(7-5-10)12(8-13)9-14-2/h4-9,13-14H,3H2,1-2H3/b12-9+,13-8?. The molecule has 0 aliphatic rings. The molecular weight excluding hydrogens is 172 g/mol. The number of rotatable bonds is 4. The Morgan fingerprint density at radius 1 is 1.36 bits per heavy atom. The number of hydrogen-bond acceptors (Lipinski definition) is 2. The van der Waals surface area contributed by atoms with E-state index in [2.05, 4.69) is 24.4 Å². The zero-order chi connectivity index (χ0) is 10.4. The van der Waals surface area contributed by atoms with Gasteiger partial charge in [-0.3, -0.25) is 0 Å². The van der Waals surface area contributed by atoms with E-state index in [-0.39, 0.29) is 0 Å². The third-order valence-electron chi connectivity index (χ3n) is 2.15. The quantitative estimate of drug-likeness (QED) is 0.699. The molecule has 0 amide bonds. The first-order chi connectivity index (χ1) is 6.81. The minimum absolute atomic E-state index is 0.898. The van der Waals surface area contributed by atoms with Crippen LogP contribution < -0.4 is 5.32 Å². The van der Waals surface area contributed by atoms with E-state index < -0.39 is 0 Å². The summed E-state index contributed by atoms with van der Waals surface area (Å²) in [4.78, 5) is 0. The van der Waals surface area contributed by atoms with Crippen LogP contribution in [0.1, 0.15) is 18.1 Å². The maximum absolute atomic E-state index is 7.27. The average Bonchev–Trinajstić information content (AvgIpc) is 2.26. The molecule has 0 aliphatic heterocycles. The van der Waals surface area contributed by atoms with E-state index in [1.165, 1.54) is 11.8 Å². The van der Waals surface area contributed by atoms with Crippen LogP contribution in [0.2, 0.25) is 0 Å². The van der Waals surface area contributed by atoms with E-state index in [0.29, 0.717) is 0 Å². The number of aryl methyl sites for hydroxylation is 1. The van der Waals surface area contributed by atoms with Gasteiger partial charge in [-0.05, 0) is 17.5 Å². The van der Waals surface area contributed by atoms with E-state index in [9.17, 15) is 0 Å². The second kappa shape index (κ2) is 5.22. The van der Waals surface area contributed by atoms with Crippen LogP contribution in [0.15, 0.2) is 30.5 Å². The van der Waals surface area contributed by atoms with E-state index in [4.69, 9.17) is 5.41 Å². The lowest BCUT2D eigenvalue weighted by Crippen LogP contribution is -1.97. The first-order valence-corrected chi connectivity index (χ1v) is 4.79. The van der Waals surface area contributed by atoms with Gasteiger partial charge in [-0.1, -0.05) is 31.2 Å². The minimum atomic E-state index is 0.898. The number of nitrogens with one attached hydrogen (secondary N) is 2. The first-order valence-electron chi connectivity index (χ1n) is 4.79. The Balaban J connectivity index is 2.95. The highest BCUT2D eigenvalue weighted by Gasteiger charge is 1.97. The third-order valence-corrected chi connectivity index (χ3v) is 2.15. The lowest BCUT2D eigenvalue weighted by molar-refractivity contribution is 1.11. The van der Waals surface area contributed by atoms with E-state index in [1.54, 1.807) is 0 Å². The Morgan fingerprint density at radius 2 is 2.00 bits per heavy atom. The van der Waals surface area contributed by atoms with Crippen LogP contribution in [-0.2, 0) is 6.42 Å². The molecule has 0 fully saturated rings. The Kier molecular flexibility index (Phi) is 3.92. The second-order valence-corrected chi connectivity index (χ2v) is 3.08. The molecular formula is C12H16N2. The van der Waals surface area contributed by atoms with Crippen LogP contribution in [0.5, 0.6) is 0 Å². The molecule has 2 N–H and O–H groups in total. The Morgan fingerprint density at radius 3 is 2.43 bits per heavy atom. The SMILES string of the molecule is CCc1ccc(/C(C=N)=C/NC)cc1. The molecule has 0 aromatic heterocycles. The van der Waals surface area contributed by atoms with Crippen LogP contribution >= 0.6 is 0 Å².